The number of piperazine rings is 1. The third kappa shape index (κ3) is 8.08. The van der Waals surface area contributed by atoms with Crippen LogP contribution in [-0.2, 0) is 15.7 Å². The molecule has 1 atom stereocenters. The largest absolute Gasteiger partial charge is 0.444 e. The van der Waals surface area contributed by atoms with Crippen LogP contribution < -0.4 is 21.0 Å². The van der Waals surface area contributed by atoms with Crippen molar-refractivity contribution in [2.75, 3.05) is 31.1 Å². The van der Waals surface area contributed by atoms with Crippen LogP contribution in [0.1, 0.15) is 66.0 Å². The highest BCUT2D eigenvalue weighted by Crippen LogP contribution is 2.39. The third-order valence-corrected chi connectivity index (χ3v) is 10.1. The summed E-state index contributed by atoms with van der Waals surface area (Å²) in [4.78, 5) is 22.2. The Bertz CT molecular complexity index is 1460. The number of anilines is 1. The van der Waals surface area contributed by atoms with Crippen LogP contribution in [0.3, 0.4) is 0 Å². The average molecular weight is 632 g/mol. The van der Waals surface area contributed by atoms with Crippen LogP contribution in [-0.4, -0.2) is 66.4 Å². The van der Waals surface area contributed by atoms with Crippen LogP contribution >= 0.6 is 12.2 Å². The summed E-state index contributed by atoms with van der Waals surface area (Å²) in [5, 5.41) is 2.36. The lowest BCUT2D eigenvalue weighted by Crippen LogP contribution is -2.50. The van der Waals surface area contributed by atoms with Gasteiger partial charge in [-0.2, -0.15) is 0 Å². The predicted molar refractivity (Wildman–Crippen MR) is 184 cm³/mol. The van der Waals surface area contributed by atoms with E-state index in [0.29, 0.717) is 38.4 Å². The van der Waals surface area contributed by atoms with Gasteiger partial charge in [0.25, 0.3) is 0 Å². The predicted octanol–water partition coefficient (Wildman–Crippen LogP) is 4.24. The Morgan fingerprint density at radius 2 is 1.52 bits per heavy atom. The molecule has 1 aliphatic heterocycles. The summed E-state index contributed by atoms with van der Waals surface area (Å²) in [6.07, 6.45) is -0.713. The highest BCUT2D eigenvalue weighted by molar-refractivity contribution is 7.80. The zero-order chi connectivity index (χ0) is 32.1. The lowest BCUT2D eigenvalue weighted by atomic mass is 9.86. The van der Waals surface area contributed by atoms with Crippen LogP contribution in [0.5, 0.6) is 0 Å². The van der Waals surface area contributed by atoms with Gasteiger partial charge < -0.3 is 24.7 Å². The first-order valence-corrected chi connectivity index (χ1v) is 17.1. The highest BCUT2D eigenvalue weighted by Gasteiger charge is 2.38. The van der Waals surface area contributed by atoms with E-state index in [1.54, 1.807) is 4.90 Å². The van der Waals surface area contributed by atoms with Gasteiger partial charge in [-0.3, -0.25) is 4.57 Å². The molecule has 2 heterocycles. The fourth-order valence-corrected chi connectivity index (χ4v) is 8.15. The minimum absolute atomic E-state index is 0.250. The fraction of sp³-hybridized carbons (Fsp3) is 0.441. The quantitative estimate of drug-likeness (QED) is 0.226. The van der Waals surface area contributed by atoms with Crippen molar-refractivity contribution in [1.29, 1.82) is 0 Å². The minimum atomic E-state index is -2.16. The molecule has 1 unspecified atom stereocenters. The summed E-state index contributed by atoms with van der Waals surface area (Å²) in [6.45, 7) is 16.5. The number of thiocarbonyl (C=S) groups is 1. The van der Waals surface area contributed by atoms with Crippen molar-refractivity contribution in [3.63, 3.8) is 0 Å². The molecule has 234 valence electrons. The number of amides is 1. The second-order valence-corrected chi connectivity index (χ2v) is 15.9. The van der Waals surface area contributed by atoms with Gasteiger partial charge in [-0.1, -0.05) is 99.6 Å². The number of ether oxygens (including phenoxy) is 1. The number of aromatic nitrogens is 2. The third-order valence-electron chi connectivity index (χ3n) is 7.35. The molecule has 0 aliphatic carbocycles. The maximum absolute atomic E-state index is 12.7. The molecule has 0 saturated carbocycles. The SMILES string of the molecule is CC#CCn1c(N2CCN(C(=O)OC(C)(C)C)CC2)nc(C(O[SiH](c2ccccc2)c2ccccc2)C(C)(C)C)c1C(N)=S. The van der Waals surface area contributed by atoms with Crippen molar-refractivity contribution in [2.45, 2.75) is 66.7 Å². The molecule has 2 N–H and O–H groups in total. The molecule has 10 heteroatoms. The van der Waals surface area contributed by atoms with E-state index in [0.717, 1.165) is 11.6 Å². The number of benzene rings is 2. The lowest BCUT2D eigenvalue weighted by molar-refractivity contribution is 0.0240. The average Bonchev–Trinajstić information content (AvgIpc) is 3.35. The lowest BCUT2D eigenvalue weighted by Gasteiger charge is -2.36. The molecule has 1 aromatic heterocycles. The second-order valence-electron chi connectivity index (χ2n) is 13.1. The molecule has 0 bridgehead atoms. The van der Waals surface area contributed by atoms with Gasteiger partial charge in [-0.25, -0.2) is 9.78 Å². The summed E-state index contributed by atoms with van der Waals surface area (Å²) in [6, 6.07) is 20.8. The maximum Gasteiger partial charge on any atom is 0.410 e. The standard InChI is InChI=1S/C34H45N5O3SSi/c1-8-9-20-39-28(30(35)43)27(36-31(39)37-21-23-38(24-22-37)32(40)41-34(5,6)7)29(33(2,3)4)42-44(25-16-12-10-13-17-25)26-18-14-11-15-19-26/h10-19,29,44H,20-24H2,1-7H3,(H2,35,43). The van der Waals surface area contributed by atoms with Gasteiger partial charge in [0.05, 0.1) is 18.3 Å². The Kier molecular flexibility index (Phi) is 10.6. The van der Waals surface area contributed by atoms with Crippen molar-refractivity contribution in [3.05, 3.63) is 72.1 Å². The first-order valence-electron chi connectivity index (χ1n) is 15.1. The number of nitrogens with two attached hydrogens (primary N) is 1. The van der Waals surface area contributed by atoms with Gasteiger partial charge in [0.1, 0.15) is 16.3 Å². The van der Waals surface area contributed by atoms with Gasteiger partial charge in [0.2, 0.25) is 15.0 Å². The van der Waals surface area contributed by atoms with Crippen molar-refractivity contribution in [2.24, 2.45) is 11.1 Å². The molecule has 1 fully saturated rings. The zero-order valence-electron chi connectivity index (χ0n) is 27.0. The summed E-state index contributed by atoms with van der Waals surface area (Å²) >= 11 is 5.68. The van der Waals surface area contributed by atoms with Crippen LogP contribution in [0.4, 0.5) is 10.7 Å². The number of carbonyl (C=O) groups is 1. The summed E-state index contributed by atoms with van der Waals surface area (Å²) in [7, 11) is -2.16. The minimum Gasteiger partial charge on any atom is -0.444 e. The first kappa shape index (κ1) is 33.2. The maximum atomic E-state index is 12.7. The van der Waals surface area contributed by atoms with E-state index >= 15 is 0 Å². The van der Waals surface area contributed by atoms with Gasteiger partial charge in [-0.15, -0.1) is 5.92 Å². The van der Waals surface area contributed by atoms with Crippen molar-refractivity contribution >= 4 is 48.7 Å². The monoisotopic (exact) mass is 631 g/mol. The number of hydrogen-bond donors (Lipinski definition) is 1. The van der Waals surface area contributed by atoms with Crippen LogP contribution in [0.2, 0.25) is 0 Å². The fourth-order valence-electron chi connectivity index (χ4n) is 5.29. The smallest absolute Gasteiger partial charge is 0.410 e. The number of hydrogen-bond acceptors (Lipinski definition) is 6. The molecule has 0 radical (unpaired) electrons. The number of rotatable bonds is 8. The van der Waals surface area contributed by atoms with Crippen molar-refractivity contribution < 1.29 is 14.0 Å². The summed E-state index contributed by atoms with van der Waals surface area (Å²) < 4.78 is 14.9. The molecular formula is C34H45N5O3SSi. The first-order chi connectivity index (χ1) is 20.8. The molecule has 0 spiro atoms. The number of carbonyl (C=O) groups excluding carboxylic acids is 1. The summed E-state index contributed by atoms with van der Waals surface area (Å²) in [5.41, 5.74) is 6.98. The van der Waals surface area contributed by atoms with Gasteiger partial charge in [-0.05, 0) is 43.5 Å². The van der Waals surface area contributed by atoms with E-state index in [1.165, 1.54) is 10.4 Å². The molecule has 1 aliphatic rings. The van der Waals surface area contributed by atoms with Gasteiger partial charge in [0, 0.05) is 26.2 Å². The second kappa shape index (κ2) is 14.0. The van der Waals surface area contributed by atoms with Crippen molar-refractivity contribution in [1.82, 2.24) is 14.5 Å². The Labute approximate surface area is 269 Å². The van der Waals surface area contributed by atoms with Crippen molar-refractivity contribution in [3.8, 4) is 11.8 Å². The Balaban J connectivity index is 1.76. The molecule has 8 nitrogen and oxygen atoms in total. The van der Waals surface area contributed by atoms with E-state index in [9.17, 15) is 4.79 Å². The summed E-state index contributed by atoms with van der Waals surface area (Å²) in [5.74, 6) is 6.92. The Morgan fingerprint density at radius 3 is 1.98 bits per heavy atom. The highest BCUT2D eigenvalue weighted by atomic mass is 32.1. The van der Waals surface area contributed by atoms with E-state index < -0.39 is 20.7 Å². The molecule has 3 aromatic rings. The van der Waals surface area contributed by atoms with E-state index in [2.05, 4.69) is 86.0 Å². The topological polar surface area (TPSA) is 85.8 Å². The molecular weight excluding hydrogens is 587 g/mol. The molecule has 4 rings (SSSR count). The molecule has 44 heavy (non-hydrogen) atoms. The van der Waals surface area contributed by atoms with Gasteiger partial charge in [0.15, 0.2) is 0 Å². The number of nitrogens with zero attached hydrogens (tertiary/aromatic N) is 4. The Morgan fingerprint density at radius 1 is 0.977 bits per heavy atom. The van der Waals surface area contributed by atoms with Crippen LogP contribution in [0.15, 0.2) is 60.7 Å². The molecule has 1 saturated heterocycles. The molecule has 1 amide bonds. The van der Waals surface area contributed by atoms with E-state index in [-0.39, 0.29) is 16.5 Å². The van der Waals surface area contributed by atoms with Crippen LogP contribution in [0.25, 0.3) is 0 Å². The van der Waals surface area contributed by atoms with Gasteiger partial charge >= 0.3 is 6.09 Å². The zero-order valence-corrected chi connectivity index (χ0v) is 28.9. The normalized spacial score (nSPS) is 14.6. The Hall–Kier alpha value is -3.65. The number of imidazole rings is 1. The van der Waals surface area contributed by atoms with E-state index in [1.807, 2.05) is 44.4 Å². The van der Waals surface area contributed by atoms with Crippen LogP contribution in [0, 0.1) is 17.3 Å². The molecule has 2 aromatic carbocycles. The van der Waals surface area contributed by atoms with E-state index in [4.69, 9.17) is 32.1 Å².